The van der Waals surface area contributed by atoms with E-state index in [-0.39, 0.29) is 0 Å². The quantitative estimate of drug-likeness (QED) is 0.796. The Hall–Kier alpha value is -2.41. The molecule has 4 heteroatoms. The van der Waals surface area contributed by atoms with Gasteiger partial charge in [0.2, 0.25) is 5.88 Å². The van der Waals surface area contributed by atoms with E-state index in [1.165, 1.54) is 0 Å². The van der Waals surface area contributed by atoms with Gasteiger partial charge in [0, 0.05) is 12.6 Å². The Labute approximate surface area is 132 Å². The SMILES string of the molecule is CCCCCn1c(C#N)cc(N)c1Oc1cc(C)ccc1C. The molecule has 4 nitrogen and oxygen atoms in total. The zero-order valence-corrected chi connectivity index (χ0v) is 13.5. The Morgan fingerprint density at radius 1 is 1.23 bits per heavy atom. The fourth-order valence-electron chi connectivity index (χ4n) is 2.42. The second kappa shape index (κ2) is 7.04. The molecule has 116 valence electrons. The summed E-state index contributed by atoms with van der Waals surface area (Å²) < 4.78 is 7.93. The van der Waals surface area contributed by atoms with Crippen LogP contribution in [0, 0.1) is 25.2 Å². The summed E-state index contributed by atoms with van der Waals surface area (Å²) in [7, 11) is 0. The molecular weight excluding hydrogens is 274 g/mol. The number of hydrogen-bond donors (Lipinski definition) is 1. The zero-order chi connectivity index (χ0) is 16.1. The molecule has 0 aliphatic rings. The van der Waals surface area contributed by atoms with Crippen molar-refractivity contribution in [2.45, 2.75) is 46.6 Å². The van der Waals surface area contributed by atoms with E-state index in [1.54, 1.807) is 6.07 Å². The average molecular weight is 297 g/mol. The number of aryl methyl sites for hydroxylation is 2. The third-order valence-electron chi connectivity index (χ3n) is 3.73. The molecular formula is C18H23N3O. The molecule has 22 heavy (non-hydrogen) atoms. The molecule has 0 aliphatic heterocycles. The maximum absolute atomic E-state index is 9.30. The number of nitrogen functional groups attached to an aromatic ring is 1. The number of rotatable bonds is 6. The van der Waals surface area contributed by atoms with Crippen molar-refractivity contribution in [3.8, 4) is 17.7 Å². The summed E-state index contributed by atoms with van der Waals surface area (Å²) in [6.07, 6.45) is 3.25. The fraction of sp³-hybridized carbons (Fsp3) is 0.389. The van der Waals surface area contributed by atoms with E-state index in [0.29, 0.717) is 17.3 Å². The third-order valence-corrected chi connectivity index (χ3v) is 3.73. The van der Waals surface area contributed by atoms with E-state index in [4.69, 9.17) is 10.5 Å². The lowest BCUT2D eigenvalue weighted by molar-refractivity contribution is 0.420. The lowest BCUT2D eigenvalue weighted by Gasteiger charge is -2.14. The van der Waals surface area contributed by atoms with Crippen LogP contribution in [0.5, 0.6) is 11.6 Å². The molecule has 0 atom stereocenters. The normalized spacial score (nSPS) is 10.5. The van der Waals surface area contributed by atoms with Gasteiger partial charge < -0.3 is 15.0 Å². The van der Waals surface area contributed by atoms with Crippen molar-refractivity contribution in [1.82, 2.24) is 4.57 Å². The van der Waals surface area contributed by atoms with Gasteiger partial charge >= 0.3 is 0 Å². The van der Waals surface area contributed by atoms with E-state index in [2.05, 4.69) is 13.0 Å². The van der Waals surface area contributed by atoms with Gasteiger partial charge in [-0.25, -0.2) is 0 Å². The molecule has 1 aromatic heterocycles. The lowest BCUT2D eigenvalue weighted by Crippen LogP contribution is -2.04. The average Bonchev–Trinajstić information content (AvgIpc) is 2.79. The molecule has 2 rings (SSSR count). The van der Waals surface area contributed by atoms with Gasteiger partial charge in [-0.2, -0.15) is 5.26 Å². The van der Waals surface area contributed by atoms with Crippen LogP contribution in [0.4, 0.5) is 5.69 Å². The van der Waals surface area contributed by atoms with Crippen LogP contribution in [0.1, 0.15) is 43.0 Å². The minimum absolute atomic E-state index is 0.508. The van der Waals surface area contributed by atoms with Crippen LogP contribution in [0.3, 0.4) is 0 Å². The molecule has 0 radical (unpaired) electrons. The summed E-state index contributed by atoms with van der Waals surface area (Å²) in [6, 6.07) is 9.95. The number of nitriles is 1. The topological polar surface area (TPSA) is 64.0 Å². The van der Waals surface area contributed by atoms with Crippen LogP contribution in [0.15, 0.2) is 24.3 Å². The first-order valence-electron chi connectivity index (χ1n) is 7.71. The number of hydrogen-bond acceptors (Lipinski definition) is 3. The lowest BCUT2D eigenvalue weighted by atomic mass is 10.1. The second-order valence-corrected chi connectivity index (χ2v) is 5.63. The molecule has 0 amide bonds. The van der Waals surface area contributed by atoms with E-state index >= 15 is 0 Å². The van der Waals surface area contributed by atoms with E-state index in [1.807, 2.05) is 36.6 Å². The Kier molecular flexibility index (Phi) is 5.11. The first-order chi connectivity index (χ1) is 10.6. The number of ether oxygens (including phenoxy) is 1. The largest absolute Gasteiger partial charge is 0.438 e. The monoisotopic (exact) mass is 297 g/mol. The molecule has 0 unspecified atom stereocenters. The van der Waals surface area contributed by atoms with Gasteiger partial charge in [0.1, 0.15) is 17.5 Å². The summed E-state index contributed by atoms with van der Waals surface area (Å²) in [5.74, 6) is 1.35. The highest BCUT2D eigenvalue weighted by atomic mass is 16.5. The highest BCUT2D eigenvalue weighted by molar-refractivity contribution is 5.57. The molecule has 2 aromatic rings. The number of nitrogens with two attached hydrogens (primary N) is 1. The second-order valence-electron chi connectivity index (χ2n) is 5.63. The van der Waals surface area contributed by atoms with E-state index in [9.17, 15) is 5.26 Å². The van der Waals surface area contributed by atoms with Gasteiger partial charge in [0.05, 0.1) is 5.69 Å². The number of unbranched alkanes of at least 4 members (excludes halogenated alkanes) is 2. The van der Waals surface area contributed by atoms with Crippen molar-refractivity contribution in [1.29, 1.82) is 5.26 Å². The third kappa shape index (κ3) is 3.43. The van der Waals surface area contributed by atoms with E-state index in [0.717, 1.165) is 42.7 Å². The highest BCUT2D eigenvalue weighted by Crippen LogP contribution is 2.33. The van der Waals surface area contributed by atoms with Gasteiger partial charge in [-0.05, 0) is 37.5 Å². The van der Waals surface area contributed by atoms with Crippen LogP contribution in [0.25, 0.3) is 0 Å². The number of benzene rings is 1. The predicted molar refractivity (Wildman–Crippen MR) is 89.1 cm³/mol. The number of aromatic nitrogens is 1. The minimum atomic E-state index is 0.508. The minimum Gasteiger partial charge on any atom is -0.438 e. The molecule has 0 saturated heterocycles. The van der Waals surface area contributed by atoms with Crippen molar-refractivity contribution < 1.29 is 4.74 Å². The summed E-state index contributed by atoms with van der Waals surface area (Å²) in [6.45, 7) is 6.92. The van der Waals surface area contributed by atoms with Crippen LogP contribution >= 0.6 is 0 Å². The zero-order valence-electron chi connectivity index (χ0n) is 13.5. The molecule has 0 aliphatic carbocycles. The van der Waals surface area contributed by atoms with Crippen molar-refractivity contribution in [2.75, 3.05) is 5.73 Å². The standard InChI is InChI=1S/C18H23N3O/c1-4-5-6-9-21-15(12-19)11-16(20)18(21)22-17-10-13(2)7-8-14(17)3/h7-8,10-11H,4-6,9,20H2,1-3H3. The van der Waals surface area contributed by atoms with Crippen molar-refractivity contribution in [3.05, 3.63) is 41.1 Å². The van der Waals surface area contributed by atoms with Gasteiger partial charge in [-0.15, -0.1) is 0 Å². The first-order valence-corrected chi connectivity index (χ1v) is 7.71. The van der Waals surface area contributed by atoms with Crippen LogP contribution < -0.4 is 10.5 Å². The number of nitrogens with zero attached hydrogens (tertiary/aromatic N) is 2. The van der Waals surface area contributed by atoms with Crippen molar-refractivity contribution in [3.63, 3.8) is 0 Å². The molecule has 1 aromatic carbocycles. The van der Waals surface area contributed by atoms with Crippen LogP contribution in [-0.4, -0.2) is 4.57 Å². The maximum atomic E-state index is 9.30. The van der Waals surface area contributed by atoms with Crippen LogP contribution in [0.2, 0.25) is 0 Å². The van der Waals surface area contributed by atoms with Crippen LogP contribution in [-0.2, 0) is 6.54 Å². The van der Waals surface area contributed by atoms with Gasteiger partial charge in [-0.3, -0.25) is 0 Å². The van der Waals surface area contributed by atoms with Gasteiger partial charge in [0.25, 0.3) is 0 Å². The summed E-state index contributed by atoms with van der Waals surface area (Å²) >= 11 is 0. The molecule has 1 heterocycles. The first kappa shape index (κ1) is 16.0. The van der Waals surface area contributed by atoms with Gasteiger partial charge in [-0.1, -0.05) is 31.9 Å². The molecule has 0 saturated carbocycles. The predicted octanol–water partition coefficient (Wildman–Crippen LogP) is 4.54. The summed E-state index contributed by atoms with van der Waals surface area (Å²) in [5, 5.41) is 9.30. The summed E-state index contributed by atoms with van der Waals surface area (Å²) in [4.78, 5) is 0. The maximum Gasteiger partial charge on any atom is 0.224 e. The Morgan fingerprint density at radius 2 is 2.00 bits per heavy atom. The van der Waals surface area contributed by atoms with E-state index < -0.39 is 0 Å². The molecule has 2 N–H and O–H groups in total. The number of anilines is 1. The van der Waals surface area contributed by atoms with Gasteiger partial charge in [0.15, 0.2) is 0 Å². The Bertz CT molecular complexity index is 695. The Morgan fingerprint density at radius 3 is 2.68 bits per heavy atom. The van der Waals surface area contributed by atoms with Crippen molar-refractivity contribution >= 4 is 5.69 Å². The highest BCUT2D eigenvalue weighted by Gasteiger charge is 2.16. The fourth-order valence-corrected chi connectivity index (χ4v) is 2.42. The Balaban J connectivity index is 2.35. The molecule has 0 fully saturated rings. The molecule has 0 spiro atoms. The smallest absolute Gasteiger partial charge is 0.224 e. The molecule has 0 bridgehead atoms. The van der Waals surface area contributed by atoms with Crippen molar-refractivity contribution in [2.24, 2.45) is 0 Å². The summed E-state index contributed by atoms with van der Waals surface area (Å²) in [5.41, 5.74) is 9.29.